The molecule has 1 fully saturated rings. The molecule has 1 aromatic rings. The van der Waals surface area contributed by atoms with Gasteiger partial charge < -0.3 is 4.74 Å². The van der Waals surface area contributed by atoms with Crippen LogP contribution in [0.2, 0.25) is 0 Å². The number of nitro groups is 1. The largest absolute Gasteiger partial charge is 0.463 e. The van der Waals surface area contributed by atoms with Crippen molar-refractivity contribution in [2.75, 3.05) is 0 Å². The van der Waals surface area contributed by atoms with E-state index < -0.39 is 11.8 Å². The zero-order chi connectivity index (χ0) is 15.5. The van der Waals surface area contributed by atoms with Crippen LogP contribution in [0.25, 0.3) is 0 Å². The van der Waals surface area contributed by atoms with E-state index in [0.717, 1.165) is 16.7 Å². The van der Waals surface area contributed by atoms with Gasteiger partial charge in [-0.1, -0.05) is 35.9 Å². The Labute approximate surface area is 128 Å². The molecule has 1 aliphatic heterocycles. The van der Waals surface area contributed by atoms with Crippen LogP contribution in [0.3, 0.4) is 0 Å². The molecule has 1 heterocycles. The molecule has 0 unspecified atom stereocenters. The molecule has 0 amide bonds. The van der Waals surface area contributed by atoms with Crippen LogP contribution in [0.15, 0.2) is 58.6 Å². The van der Waals surface area contributed by atoms with Crippen molar-refractivity contribution in [2.45, 2.75) is 25.6 Å². The molecule has 0 N–H and O–H groups in total. The van der Waals surface area contributed by atoms with Crippen LogP contribution >= 0.6 is 0 Å². The minimum Gasteiger partial charge on any atom is -0.463 e. The van der Waals surface area contributed by atoms with Gasteiger partial charge in [0.05, 0.1) is 10.8 Å². The highest BCUT2D eigenvalue weighted by atomic mass is 16.6. The van der Waals surface area contributed by atoms with Gasteiger partial charge in [-0.15, -0.1) is 0 Å². The van der Waals surface area contributed by atoms with Gasteiger partial charge in [-0.25, -0.2) is 0 Å². The summed E-state index contributed by atoms with van der Waals surface area (Å²) >= 11 is 0. The van der Waals surface area contributed by atoms with Crippen molar-refractivity contribution in [3.63, 3.8) is 0 Å². The molecule has 2 aliphatic carbocycles. The minimum absolute atomic E-state index is 0.0506. The summed E-state index contributed by atoms with van der Waals surface area (Å²) in [6.07, 6.45) is 3.41. The highest BCUT2D eigenvalue weighted by Gasteiger charge is 2.73. The second kappa shape index (κ2) is 4.29. The maximum absolute atomic E-state index is 11.9. The summed E-state index contributed by atoms with van der Waals surface area (Å²) in [5, 5.41) is 11.9. The summed E-state index contributed by atoms with van der Waals surface area (Å²) in [4.78, 5) is 16.1. The molecule has 4 rings (SSSR count). The molecule has 4 atom stereocenters. The number of aliphatic imine (C=N–C) groups is 1. The fourth-order valence-electron chi connectivity index (χ4n) is 3.94. The highest BCUT2D eigenvalue weighted by Crippen LogP contribution is 2.57. The Kier molecular flexibility index (Phi) is 2.58. The van der Waals surface area contributed by atoms with Crippen LogP contribution in [0.1, 0.15) is 19.4 Å². The van der Waals surface area contributed by atoms with E-state index in [0.29, 0.717) is 5.90 Å². The zero-order valence-corrected chi connectivity index (χ0v) is 12.4. The number of allylic oxidation sites excluding steroid dienone is 1. The molecule has 0 saturated heterocycles. The van der Waals surface area contributed by atoms with Gasteiger partial charge in [0.2, 0.25) is 12.0 Å². The van der Waals surface area contributed by atoms with Crippen molar-refractivity contribution >= 4 is 5.90 Å². The lowest BCUT2D eigenvalue weighted by atomic mass is 9.92. The fourth-order valence-corrected chi connectivity index (χ4v) is 3.94. The molecule has 1 aromatic carbocycles. The average molecular weight is 296 g/mol. The number of nitrogens with zero attached hydrogens (tertiary/aromatic N) is 2. The predicted molar refractivity (Wildman–Crippen MR) is 82.1 cm³/mol. The number of hydrogen-bond donors (Lipinski definition) is 0. The average Bonchev–Trinajstić information content (AvgIpc) is 3.16. The molecule has 0 radical (unpaired) electrons. The molecule has 22 heavy (non-hydrogen) atoms. The topological polar surface area (TPSA) is 64.7 Å². The van der Waals surface area contributed by atoms with Gasteiger partial charge in [-0.2, -0.15) is 4.99 Å². The maximum Gasteiger partial charge on any atom is 0.363 e. The van der Waals surface area contributed by atoms with Crippen molar-refractivity contribution in [3.8, 4) is 0 Å². The number of ether oxygens (including phenoxy) is 1. The standard InChI is InChI=1S/C17H16N2O3/c1-10(2)14-12-8-9-13(14)17(19(20)21)15(12)22-16(18-17)11-6-4-3-5-7-11/h3-9,12-13,15H,1-2H3/t12-,13+,15-,17-/m1/s1. The van der Waals surface area contributed by atoms with E-state index in [2.05, 4.69) is 4.99 Å². The molecule has 5 nitrogen and oxygen atoms in total. The summed E-state index contributed by atoms with van der Waals surface area (Å²) in [5.41, 5.74) is 1.60. The molecule has 3 aliphatic rings. The highest BCUT2D eigenvalue weighted by molar-refractivity contribution is 5.96. The lowest BCUT2D eigenvalue weighted by Crippen LogP contribution is -2.48. The Morgan fingerprint density at radius 1 is 1.27 bits per heavy atom. The van der Waals surface area contributed by atoms with Gasteiger partial charge in [0.15, 0.2) is 0 Å². The van der Waals surface area contributed by atoms with Crippen LogP contribution in [0, 0.1) is 22.0 Å². The van der Waals surface area contributed by atoms with E-state index >= 15 is 0 Å². The van der Waals surface area contributed by atoms with Gasteiger partial charge in [-0.05, 0) is 31.6 Å². The fraction of sp³-hybridized carbons (Fsp3) is 0.353. The first kappa shape index (κ1) is 13.2. The molecule has 1 saturated carbocycles. The smallest absolute Gasteiger partial charge is 0.363 e. The normalized spacial score (nSPS) is 34.4. The van der Waals surface area contributed by atoms with Crippen molar-refractivity contribution in [1.29, 1.82) is 0 Å². The monoisotopic (exact) mass is 296 g/mol. The third-order valence-electron chi connectivity index (χ3n) is 4.82. The Morgan fingerprint density at radius 3 is 2.59 bits per heavy atom. The number of hydrogen-bond acceptors (Lipinski definition) is 4. The van der Waals surface area contributed by atoms with Crippen molar-refractivity contribution < 1.29 is 9.66 Å². The number of rotatable bonds is 2. The molecule has 0 spiro atoms. The van der Waals surface area contributed by atoms with Crippen LogP contribution in [-0.2, 0) is 4.74 Å². The Hall–Kier alpha value is -2.43. The Balaban J connectivity index is 1.87. The summed E-state index contributed by atoms with van der Waals surface area (Å²) in [5.74, 6) is 0.0304. The summed E-state index contributed by atoms with van der Waals surface area (Å²) in [6.45, 7) is 4.00. The second-order valence-corrected chi connectivity index (χ2v) is 6.21. The number of benzene rings is 1. The van der Waals surface area contributed by atoms with Gasteiger partial charge in [0.1, 0.15) is 0 Å². The van der Waals surface area contributed by atoms with Crippen LogP contribution < -0.4 is 0 Å². The molecular weight excluding hydrogens is 280 g/mol. The van der Waals surface area contributed by atoms with Crippen molar-refractivity contribution in [2.24, 2.45) is 16.8 Å². The SMILES string of the molecule is CC(C)=C1[C@H]2C=C[C@@H]1[C@]1([N+](=O)[O-])N=C(c3ccccc3)O[C@H]21. The van der Waals surface area contributed by atoms with Crippen LogP contribution in [-0.4, -0.2) is 22.6 Å². The Morgan fingerprint density at radius 2 is 2.00 bits per heavy atom. The minimum atomic E-state index is -1.41. The van der Waals surface area contributed by atoms with Gasteiger partial charge in [-0.3, -0.25) is 10.1 Å². The van der Waals surface area contributed by atoms with Gasteiger partial charge in [0, 0.05) is 11.5 Å². The van der Waals surface area contributed by atoms with Crippen LogP contribution in [0.5, 0.6) is 0 Å². The van der Waals surface area contributed by atoms with E-state index in [1.807, 2.05) is 56.3 Å². The Bertz CT molecular complexity index is 746. The van der Waals surface area contributed by atoms with Crippen LogP contribution in [0.4, 0.5) is 0 Å². The van der Waals surface area contributed by atoms with E-state index in [-0.39, 0.29) is 16.8 Å². The third-order valence-corrected chi connectivity index (χ3v) is 4.82. The van der Waals surface area contributed by atoms with Gasteiger partial charge in [0.25, 0.3) is 0 Å². The maximum atomic E-state index is 11.9. The molecule has 0 aromatic heterocycles. The lowest BCUT2D eigenvalue weighted by Gasteiger charge is -2.23. The quantitative estimate of drug-likeness (QED) is 0.479. The van der Waals surface area contributed by atoms with E-state index in [4.69, 9.17) is 4.74 Å². The molecule has 112 valence electrons. The van der Waals surface area contributed by atoms with E-state index in [1.54, 1.807) is 0 Å². The summed E-state index contributed by atoms with van der Waals surface area (Å²) in [6, 6.07) is 9.38. The molecule has 5 heteroatoms. The van der Waals surface area contributed by atoms with E-state index in [9.17, 15) is 10.1 Å². The van der Waals surface area contributed by atoms with E-state index in [1.165, 1.54) is 0 Å². The summed E-state index contributed by atoms with van der Waals surface area (Å²) in [7, 11) is 0. The molecular formula is C17H16N2O3. The zero-order valence-electron chi connectivity index (χ0n) is 12.4. The van der Waals surface area contributed by atoms with Gasteiger partial charge >= 0.3 is 5.66 Å². The third kappa shape index (κ3) is 1.46. The first-order chi connectivity index (χ1) is 10.6. The van der Waals surface area contributed by atoms with Crippen molar-refractivity contribution in [1.82, 2.24) is 0 Å². The predicted octanol–water partition coefficient (Wildman–Crippen LogP) is 2.96. The first-order valence-electron chi connectivity index (χ1n) is 7.37. The van der Waals surface area contributed by atoms with Crippen molar-refractivity contribution in [3.05, 3.63) is 69.3 Å². The molecule has 2 bridgehead atoms. The summed E-state index contributed by atoms with van der Waals surface area (Å²) < 4.78 is 5.97. The number of fused-ring (bicyclic) bond motifs is 5. The first-order valence-corrected chi connectivity index (χ1v) is 7.37. The second-order valence-electron chi connectivity index (χ2n) is 6.21. The lowest BCUT2D eigenvalue weighted by molar-refractivity contribution is -0.579.